The van der Waals surface area contributed by atoms with Crippen LogP contribution in [0, 0.1) is 0 Å². The lowest BCUT2D eigenvalue weighted by molar-refractivity contribution is -0.121. The second-order valence-corrected chi connectivity index (χ2v) is 6.10. The van der Waals surface area contributed by atoms with E-state index in [1.54, 1.807) is 29.2 Å². The first-order valence-electron chi connectivity index (χ1n) is 5.97. The number of amidine groups is 1. The van der Waals surface area contributed by atoms with Crippen LogP contribution in [0.5, 0.6) is 0 Å². The number of amides is 2. The highest BCUT2D eigenvalue weighted by Crippen LogP contribution is 2.26. The van der Waals surface area contributed by atoms with Crippen molar-refractivity contribution in [2.24, 2.45) is 4.99 Å². The number of hydrogen-bond acceptors (Lipinski definition) is 4. The Hall–Kier alpha value is -1.53. The Kier molecular flexibility index (Phi) is 4.67. The summed E-state index contributed by atoms with van der Waals surface area (Å²) in [5, 5.41) is 3.53. The van der Waals surface area contributed by atoms with Crippen molar-refractivity contribution >= 4 is 46.0 Å². The van der Waals surface area contributed by atoms with Crippen molar-refractivity contribution in [2.75, 3.05) is 19.4 Å². The van der Waals surface area contributed by atoms with E-state index in [1.165, 1.54) is 11.8 Å². The van der Waals surface area contributed by atoms with E-state index in [0.717, 1.165) is 0 Å². The molecule has 0 saturated carbocycles. The number of thioether (sulfide) groups is 1. The molecule has 106 valence electrons. The third-order valence-electron chi connectivity index (χ3n) is 2.61. The van der Waals surface area contributed by atoms with E-state index in [1.807, 2.05) is 14.1 Å². The minimum absolute atomic E-state index is 0.104. The molecule has 0 unspecified atom stereocenters. The maximum absolute atomic E-state index is 11.9. The largest absolute Gasteiger partial charge is 0.357 e. The quantitative estimate of drug-likeness (QED) is 0.930. The number of anilines is 1. The first kappa shape index (κ1) is 14.9. The fourth-order valence-electron chi connectivity index (χ4n) is 1.62. The normalized spacial score (nSPS) is 17.9. The number of benzene rings is 1. The molecule has 0 aliphatic carbocycles. The van der Waals surface area contributed by atoms with Crippen molar-refractivity contribution in [1.29, 1.82) is 0 Å². The van der Waals surface area contributed by atoms with Crippen molar-refractivity contribution in [3.63, 3.8) is 0 Å². The van der Waals surface area contributed by atoms with Gasteiger partial charge in [-0.05, 0) is 24.3 Å². The van der Waals surface area contributed by atoms with Crippen LogP contribution in [0.25, 0.3) is 0 Å². The van der Waals surface area contributed by atoms with Crippen molar-refractivity contribution in [1.82, 2.24) is 4.90 Å². The first-order chi connectivity index (χ1) is 9.45. The molecular formula is C13H14ClN3O2S. The number of aliphatic imine (C=N–C) groups is 1. The number of hydrogen-bond donors (Lipinski definition) is 1. The SMILES string of the molecule is CN(C)C1=NC(=O)[C@@H](CC(=O)Nc2ccc(Cl)cc2)S1. The summed E-state index contributed by atoms with van der Waals surface area (Å²) < 4.78 is 0. The monoisotopic (exact) mass is 311 g/mol. The van der Waals surface area contributed by atoms with Gasteiger partial charge in [-0.1, -0.05) is 23.4 Å². The van der Waals surface area contributed by atoms with Gasteiger partial charge in [-0.2, -0.15) is 4.99 Å². The molecule has 1 heterocycles. The number of nitrogens with zero attached hydrogens (tertiary/aromatic N) is 2. The molecule has 1 N–H and O–H groups in total. The average Bonchev–Trinajstić information content (AvgIpc) is 2.74. The highest BCUT2D eigenvalue weighted by atomic mass is 35.5. The fraction of sp³-hybridized carbons (Fsp3) is 0.308. The zero-order chi connectivity index (χ0) is 14.7. The molecule has 1 atom stereocenters. The smallest absolute Gasteiger partial charge is 0.262 e. The van der Waals surface area contributed by atoms with E-state index < -0.39 is 5.25 Å². The predicted octanol–water partition coefficient (Wildman–Crippen LogP) is 2.23. The van der Waals surface area contributed by atoms with Gasteiger partial charge in [0.1, 0.15) is 5.25 Å². The summed E-state index contributed by atoms with van der Waals surface area (Å²) in [5.74, 6) is -0.474. The molecule has 0 spiro atoms. The lowest BCUT2D eigenvalue weighted by atomic mass is 10.2. The highest BCUT2D eigenvalue weighted by Gasteiger charge is 2.31. The van der Waals surface area contributed by atoms with Gasteiger partial charge < -0.3 is 10.2 Å². The molecule has 20 heavy (non-hydrogen) atoms. The Morgan fingerprint density at radius 1 is 1.40 bits per heavy atom. The van der Waals surface area contributed by atoms with E-state index in [0.29, 0.717) is 15.9 Å². The minimum atomic E-state index is -0.445. The van der Waals surface area contributed by atoms with Crippen LogP contribution >= 0.6 is 23.4 Å². The average molecular weight is 312 g/mol. The molecule has 2 rings (SSSR count). The number of nitrogens with one attached hydrogen (secondary N) is 1. The van der Waals surface area contributed by atoms with Crippen LogP contribution in [-0.4, -0.2) is 41.2 Å². The fourth-order valence-corrected chi connectivity index (χ4v) is 2.74. The minimum Gasteiger partial charge on any atom is -0.357 e. The molecule has 0 fully saturated rings. The van der Waals surface area contributed by atoms with Gasteiger partial charge in [-0.15, -0.1) is 0 Å². The third-order valence-corrected chi connectivity index (χ3v) is 4.18. The number of carbonyl (C=O) groups is 2. The van der Waals surface area contributed by atoms with Crippen LogP contribution in [0.15, 0.2) is 29.3 Å². The third kappa shape index (κ3) is 3.74. The zero-order valence-electron chi connectivity index (χ0n) is 11.1. The van der Waals surface area contributed by atoms with E-state index in [9.17, 15) is 9.59 Å². The predicted molar refractivity (Wildman–Crippen MR) is 82.2 cm³/mol. The molecule has 1 aliphatic heterocycles. The molecule has 5 nitrogen and oxygen atoms in total. The van der Waals surface area contributed by atoms with Crippen molar-refractivity contribution < 1.29 is 9.59 Å². The van der Waals surface area contributed by atoms with Crippen LogP contribution < -0.4 is 5.32 Å². The molecule has 1 aliphatic rings. The van der Waals surface area contributed by atoms with Crippen LogP contribution in [0.3, 0.4) is 0 Å². The molecular weight excluding hydrogens is 298 g/mol. The van der Waals surface area contributed by atoms with E-state index in [-0.39, 0.29) is 18.2 Å². The first-order valence-corrected chi connectivity index (χ1v) is 7.23. The number of halogens is 1. The molecule has 0 saturated heterocycles. The molecule has 1 aromatic carbocycles. The molecule has 7 heteroatoms. The maximum Gasteiger partial charge on any atom is 0.262 e. The van der Waals surface area contributed by atoms with Crippen molar-refractivity contribution in [2.45, 2.75) is 11.7 Å². The second-order valence-electron chi connectivity index (χ2n) is 4.49. The van der Waals surface area contributed by atoms with Gasteiger partial charge in [0.05, 0.1) is 0 Å². The Morgan fingerprint density at radius 3 is 2.60 bits per heavy atom. The second kappa shape index (κ2) is 6.28. The van der Waals surface area contributed by atoms with Crippen LogP contribution in [0.1, 0.15) is 6.42 Å². The number of rotatable bonds is 3. The Balaban J connectivity index is 1.90. The Labute approximate surface area is 126 Å². The Morgan fingerprint density at radius 2 is 2.05 bits per heavy atom. The molecule has 0 radical (unpaired) electrons. The van der Waals surface area contributed by atoms with Gasteiger partial charge in [-0.25, -0.2) is 0 Å². The summed E-state index contributed by atoms with van der Waals surface area (Å²) in [6.45, 7) is 0. The van der Waals surface area contributed by atoms with E-state index in [2.05, 4.69) is 10.3 Å². The Bertz CT molecular complexity index is 557. The van der Waals surface area contributed by atoms with Gasteiger partial charge in [0.2, 0.25) is 5.91 Å². The summed E-state index contributed by atoms with van der Waals surface area (Å²) in [5.41, 5.74) is 0.656. The number of carbonyl (C=O) groups excluding carboxylic acids is 2. The van der Waals surface area contributed by atoms with E-state index >= 15 is 0 Å². The van der Waals surface area contributed by atoms with Gasteiger partial charge in [0, 0.05) is 31.2 Å². The van der Waals surface area contributed by atoms with E-state index in [4.69, 9.17) is 11.6 Å². The highest BCUT2D eigenvalue weighted by molar-refractivity contribution is 8.15. The van der Waals surface area contributed by atoms with Crippen LogP contribution in [-0.2, 0) is 9.59 Å². The lowest BCUT2D eigenvalue weighted by Gasteiger charge is -2.11. The standard InChI is InChI=1S/C13H14ClN3O2S/c1-17(2)13-16-12(19)10(20-13)7-11(18)15-9-5-3-8(14)4-6-9/h3-6,10H,7H2,1-2H3,(H,15,18)/t10-/m1/s1. The lowest BCUT2D eigenvalue weighted by Crippen LogP contribution is -2.22. The van der Waals surface area contributed by atoms with Gasteiger partial charge in [0.15, 0.2) is 5.17 Å². The zero-order valence-corrected chi connectivity index (χ0v) is 12.7. The molecule has 1 aromatic rings. The summed E-state index contributed by atoms with van der Waals surface area (Å²) in [7, 11) is 3.63. The maximum atomic E-state index is 11.9. The summed E-state index contributed by atoms with van der Waals surface area (Å²) in [6.07, 6.45) is 0.104. The van der Waals surface area contributed by atoms with Gasteiger partial charge >= 0.3 is 0 Å². The topological polar surface area (TPSA) is 61.8 Å². The summed E-state index contributed by atoms with van der Waals surface area (Å²) >= 11 is 7.08. The molecule has 0 bridgehead atoms. The van der Waals surface area contributed by atoms with Crippen LogP contribution in [0.4, 0.5) is 5.69 Å². The van der Waals surface area contributed by atoms with Crippen LogP contribution in [0.2, 0.25) is 5.02 Å². The van der Waals surface area contributed by atoms with Crippen molar-refractivity contribution in [3.05, 3.63) is 29.3 Å². The molecule has 2 amide bonds. The van der Waals surface area contributed by atoms with Gasteiger partial charge in [0.25, 0.3) is 5.91 Å². The van der Waals surface area contributed by atoms with Gasteiger partial charge in [-0.3, -0.25) is 9.59 Å². The summed E-state index contributed by atoms with van der Waals surface area (Å²) in [4.78, 5) is 29.3. The van der Waals surface area contributed by atoms with Crippen molar-refractivity contribution in [3.8, 4) is 0 Å². The molecule has 0 aromatic heterocycles. The summed E-state index contributed by atoms with van der Waals surface area (Å²) in [6, 6.07) is 6.82.